The maximum absolute atomic E-state index is 11.5. The van der Waals surface area contributed by atoms with Crippen molar-refractivity contribution in [3.8, 4) is 0 Å². The molecule has 0 aliphatic carbocycles. The molecule has 1 aliphatic rings. The van der Waals surface area contributed by atoms with E-state index in [1.807, 2.05) is 0 Å². The Labute approximate surface area is 147 Å². The summed E-state index contributed by atoms with van der Waals surface area (Å²) in [5, 5.41) is 11.5. The highest BCUT2D eigenvalue weighted by Crippen LogP contribution is 2.29. The van der Waals surface area contributed by atoms with Gasteiger partial charge in [-0.05, 0) is 0 Å². The Morgan fingerprint density at radius 1 is 0.885 bits per heavy atom. The van der Waals surface area contributed by atoms with E-state index in [1.54, 1.807) is 0 Å². The van der Waals surface area contributed by atoms with E-state index < -0.39 is 66.1 Å². The van der Waals surface area contributed by atoms with Crippen LogP contribution < -0.4 is 0 Å². The Kier molecular flexibility index (Phi) is 7.43. The van der Waals surface area contributed by atoms with Crippen LogP contribution in [0.4, 0.5) is 0 Å². The second-order valence-electron chi connectivity index (χ2n) is 5.38. The summed E-state index contributed by atoms with van der Waals surface area (Å²) < 4.78 is 24.8. The lowest BCUT2D eigenvalue weighted by molar-refractivity contribution is -0.562. The van der Waals surface area contributed by atoms with Crippen molar-refractivity contribution in [2.24, 2.45) is 0 Å². The summed E-state index contributed by atoms with van der Waals surface area (Å²) in [5.74, 6) is -3.33. The van der Waals surface area contributed by atoms with Crippen LogP contribution in [0.5, 0.6) is 0 Å². The summed E-state index contributed by atoms with van der Waals surface area (Å²) >= 11 is 0. The van der Waals surface area contributed by atoms with Crippen LogP contribution in [0, 0.1) is 10.1 Å². The second kappa shape index (κ2) is 9.08. The standard InChI is InChI=1S/C14H19NO11/c1-6(16)22-5-10-11(15(20)21)12(23-7(2)17)13(24-8(3)18)14(26-10)25-9(4)19/h10-14H,5H2,1-4H3/t10-,11-,12+,13+,14+/m1/s1. The van der Waals surface area contributed by atoms with Crippen molar-refractivity contribution in [1.82, 2.24) is 0 Å². The lowest BCUT2D eigenvalue weighted by atomic mass is 9.96. The third kappa shape index (κ3) is 5.95. The molecule has 0 amide bonds. The molecular weight excluding hydrogens is 358 g/mol. The molecule has 1 fully saturated rings. The molecule has 0 saturated carbocycles. The molecule has 146 valence electrons. The summed E-state index contributed by atoms with van der Waals surface area (Å²) in [4.78, 5) is 55.7. The van der Waals surface area contributed by atoms with E-state index in [1.165, 1.54) is 0 Å². The van der Waals surface area contributed by atoms with Gasteiger partial charge in [-0.3, -0.25) is 29.3 Å². The first-order valence-electron chi connectivity index (χ1n) is 7.47. The highest BCUT2D eigenvalue weighted by molar-refractivity contribution is 5.68. The molecule has 26 heavy (non-hydrogen) atoms. The molecule has 0 aromatic rings. The Morgan fingerprint density at radius 2 is 1.38 bits per heavy atom. The number of carbonyl (C=O) groups is 4. The number of hydrogen-bond acceptors (Lipinski definition) is 11. The number of ether oxygens (including phenoxy) is 5. The number of nitrogens with zero attached hydrogens (tertiary/aromatic N) is 1. The van der Waals surface area contributed by atoms with Gasteiger partial charge in [0.2, 0.25) is 18.5 Å². The highest BCUT2D eigenvalue weighted by Gasteiger charge is 2.57. The summed E-state index contributed by atoms with van der Waals surface area (Å²) in [5.41, 5.74) is 0. The van der Waals surface area contributed by atoms with Gasteiger partial charge in [0.15, 0.2) is 6.10 Å². The third-order valence-corrected chi connectivity index (χ3v) is 3.20. The van der Waals surface area contributed by atoms with Gasteiger partial charge in [0.05, 0.1) is 0 Å². The Balaban J connectivity index is 3.28. The van der Waals surface area contributed by atoms with E-state index >= 15 is 0 Å². The average molecular weight is 377 g/mol. The lowest BCUT2D eigenvalue weighted by Crippen LogP contribution is -2.64. The fourth-order valence-corrected chi connectivity index (χ4v) is 2.39. The maximum atomic E-state index is 11.5. The van der Waals surface area contributed by atoms with E-state index in [9.17, 15) is 29.3 Å². The van der Waals surface area contributed by atoms with Crippen LogP contribution in [0.3, 0.4) is 0 Å². The van der Waals surface area contributed by atoms with Crippen molar-refractivity contribution < 1.29 is 47.8 Å². The zero-order valence-corrected chi connectivity index (χ0v) is 14.5. The first kappa shape index (κ1) is 21.3. The van der Waals surface area contributed by atoms with Crippen LogP contribution in [0.2, 0.25) is 0 Å². The normalized spacial score (nSPS) is 27.8. The molecule has 1 heterocycles. The largest absolute Gasteiger partial charge is 0.463 e. The molecule has 1 saturated heterocycles. The molecule has 0 N–H and O–H groups in total. The topological polar surface area (TPSA) is 158 Å². The number of nitro groups is 1. The van der Waals surface area contributed by atoms with Crippen molar-refractivity contribution in [2.45, 2.75) is 58.3 Å². The smallest absolute Gasteiger partial charge is 0.305 e. The molecule has 1 rings (SSSR count). The number of carbonyl (C=O) groups excluding carboxylic acids is 4. The van der Waals surface area contributed by atoms with Gasteiger partial charge in [0.25, 0.3) is 6.04 Å². The van der Waals surface area contributed by atoms with Gasteiger partial charge in [-0.25, -0.2) is 0 Å². The number of esters is 4. The van der Waals surface area contributed by atoms with Gasteiger partial charge in [-0.2, -0.15) is 0 Å². The summed E-state index contributed by atoms with van der Waals surface area (Å²) in [7, 11) is 0. The van der Waals surface area contributed by atoms with E-state index in [0.29, 0.717) is 0 Å². The zero-order valence-electron chi connectivity index (χ0n) is 14.5. The van der Waals surface area contributed by atoms with Crippen LogP contribution in [0.25, 0.3) is 0 Å². The first-order valence-corrected chi connectivity index (χ1v) is 7.47. The maximum Gasteiger partial charge on any atom is 0.305 e. The van der Waals surface area contributed by atoms with Crippen molar-refractivity contribution >= 4 is 23.9 Å². The SMILES string of the molecule is CC(=O)OC[C@H]1O[C@H](OC(C)=O)[C@@H](OC(C)=O)[C@@H](OC(C)=O)[C@@H]1[N+](=O)[O-]. The van der Waals surface area contributed by atoms with E-state index in [2.05, 4.69) is 0 Å². The molecule has 0 radical (unpaired) electrons. The Morgan fingerprint density at radius 3 is 1.81 bits per heavy atom. The third-order valence-electron chi connectivity index (χ3n) is 3.20. The van der Waals surface area contributed by atoms with Gasteiger partial charge < -0.3 is 23.7 Å². The molecule has 0 aromatic carbocycles. The van der Waals surface area contributed by atoms with Crippen molar-refractivity contribution in [2.75, 3.05) is 6.61 Å². The van der Waals surface area contributed by atoms with Crippen LogP contribution in [-0.4, -0.2) is 66.1 Å². The minimum absolute atomic E-state index is 0.566. The van der Waals surface area contributed by atoms with E-state index in [-0.39, 0.29) is 0 Å². The molecule has 0 unspecified atom stereocenters. The minimum atomic E-state index is -1.74. The van der Waals surface area contributed by atoms with E-state index in [4.69, 9.17) is 23.7 Å². The van der Waals surface area contributed by atoms with Crippen LogP contribution in [0.1, 0.15) is 27.7 Å². The summed E-state index contributed by atoms with van der Waals surface area (Å²) in [6.07, 6.45) is -6.23. The van der Waals surface area contributed by atoms with Gasteiger partial charge in [-0.15, -0.1) is 0 Å². The first-order chi connectivity index (χ1) is 12.0. The predicted molar refractivity (Wildman–Crippen MR) is 79.0 cm³/mol. The Hall–Kier alpha value is -2.76. The van der Waals surface area contributed by atoms with Crippen LogP contribution in [-0.2, 0) is 42.9 Å². The van der Waals surface area contributed by atoms with Gasteiger partial charge in [0.1, 0.15) is 6.61 Å². The quantitative estimate of drug-likeness (QED) is 0.250. The van der Waals surface area contributed by atoms with Gasteiger partial charge >= 0.3 is 23.9 Å². The molecule has 1 aliphatic heterocycles. The molecule has 0 bridgehead atoms. The fourth-order valence-electron chi connectivity index (χ4n) is 2.39. The fraction of sp³-hybridized carbons (Fsp3) is 0.714. The van der Waals surface area contributed by atoms with Crippen molar-refractivity contribution in [1.29, 1.82) is 0 Å². The van der Waals surface area contributed by atoms with Crippen LogP contribution >= 0.6 is 0 Å². The van der Waals surface area contributed by atoms with Gasteiger partial charge in [0, 0.05) is 32.6 Å². The van der Waals surface area contributed by atoms with Gasteiger partial charge in [-0.1, -0.05) is 0 Å². The van der Waals surface area contributed by atoms with Crippen molar-refractivity contribution in [3.05, 3.63) is 10.1 Å². The monoisotopic (exact) mass is 377 g/mol. The average Bonchev–Trinajstić information content (AvgIpc) is 2.46. The van der Waals surface area contributed by atoms with Crippen LogP contribution in [0.15, 0.2) is 0 Å². The summed E-state index contributed by atoms with van der Waals surface area (Å²) in [6, 6.07) is -1.74. The number of rotatable bonds is 6. The molecular formula is C14H19NO11. The predicted octanol–water partition coefficient (Wildman–Crippen LogP) is -0.654. The summed E-state index contributed by atoms with van der Waals surface area (Å²) in [6.45, 7) is 3.57. The van der Waals surface area contributed by atoms with Crippen molar-refractivity contribution in [3.63, 3.8) is 0 Å². The molecule has 0 spiro atoms. The zero-order chi connectivity index (χ0) is 20.0. The minimum Gasteiger partial charge on any atom is -0.463 e. The lowest BCUT2D eigenvalue weighted by Gasteiger charge is -2.40. The van der Waals surface area contributed by atoms with E-state index in [0.717, 1.165) is 27.7 Å². The molecule has 0 aromatic heterocycles. The molecule has 12 heteroatoms. The molecule has 12 nitrogen and oxygen atoms in total. The Bertz CT molecular complexity index is 589. The molecule has 5 atom stereocenters. The highest BCUT2D eigenvalue weighted by atomic mass is 16.7. The number of hydrogen-bond donors (Lipinski definition) is 0. The second-order valence-corrected chi connectivity index (χ2v) is 5.38.